The van der Waals surface area contributed by atoms with Crippen molar-refractivity contribution in [2.45, 2.75) is 0 Å². The Morgan fingerprint density at radius 2 is 1.80 bits per heavy atom. The molecule has 0 radical (unpaired) electrons. The zero-order valence-electron chi connectivity index (χ0n) is 12.9. The number of carbonyl (C=O) groups excluding carboxylic acids is 2. The van der Waals surface area contributed by atoms with Crippen molar-refractivity contribution in [2.75, 3.05) is 4.90 Å². The Balaban J connectivity index is 1.79. The fourth-order valence-electron chi connectivity index (χ4n) is 2.27. The number of imide groups is 1. The van der Waals surface area contributed by atoms with Gasteiger partial charge in [0.1, 0.15) is 0 Å². The van der Waals surface area contributed by atoms with Crippen LogP contribution in [0.4, 0.5) is 16.2 Å². The van der Waals surface area contributed by atoms with Gasteiger partial charge in [-0.05, 0) is 35.5 Å². The highest BCUT2D eigenvalue weighted by Crippen LogP contribution is 2.34. The maximum Gasteiger partial charge on any atom is 0.298 e. The van der Waals surface area contributed by atoms with Gasteiger partial charge in [-0.2, -0.15) is 0 Å². The summed E-state index contributed by atoms with van der Waals surface area (Å²) in [6.45, 7) is 0. The van der Waals surface area contributed by atoms with Gasteiger partial charge in [0.25, 0.3) is 16.8 Å². The first-order chi connectivity index (χ1) is 12.1. The van der Waals surface area contributed by atoms with E-state index in [0.29, 0.717) is 16.2 Å². The first-order valence-corrected chi connectivity index (χ1v) is 8.12. The zero-order chi connectivity index (χ0) is 17.8. The SMILES string of the molecule is O=C1SC(=CC=Cc2cccc([N+](=O)[O-])c2)C(=O)N1c1ccccc1. The quantitative estimate of drug-likeness (QED) is 0.463. The van der Waals surface area contributed by atoms with Gasteiger partial charge in [0.2, 0.25) is 0 Å². The van der Waals surface area contributed by atoms with Crippen LogP contribution in [0.1, 0.15) is 5.56 Å². The number of allylic oxidation sites excluding steroid dienone is 2. The predicted octanol–water partition coefficient (Wildman–Crippen LogP) is 4.39. The van der Waals surface area contributed by atoms with Gasteiger partial charge in [-0.15, -0.1) is 0 Å². The summed E-state index contributed by atoms with van der Waals surface area (Å²) in [7, 11) is 0. The lowest BCUT2D eigenvalue weighted by atomic mass is 10.2. The second kappa shape index (κ2) is 7.14. The molecule has 124 valence electrons. The molecule has 0 N–H and O–H groups in total. The summed E-state index contributed by atoms with van der Waals surface area (Å²) >= 11 is 0.859. The van der Waals surface area contributed by atoms with Crippen molar-refractivity contribution in [3.05, 3.63) is 87.3 Å². The number of nitrogens with zero attached hydrogens (tertiary/aromatic N) is 2. The Labute approximate surface area is 147 Å². The summed E-state index contributed by atoms with van der Waals surface area (Å²) in [5, 5.41) is 10.4. The van der Waals surface area contributed by atoms with Crippen molar-refractivity contribution in [1.82, 2.24) is 0 Å². The van der Waals surface area contributed by atoms with Crippen LogP contribution in [0.3, 0.4) is 0 Å². The van der Waals surface area contributed by atoms with Gasteiger partial charge in [0.15, 0.2) is 0 Å². The van der Waals surface area contributed by atoms with Crippen molar-refractivity contribution >= 4 is 40.4 Å². The van der Waals surface area contributed by atoms with E-state index in [1.165, 1.54) is 18.2 Å². The van der Waals surface area contributed by atoms with Crippen LogP contribution < -0.4 is 4.90 Å². The summed E-state index contributed by atoms with van der Waals surface area (Å²) in [5.41, 5.74) is 1.15. The number of rotatable bonds is 4. The molecule has 7 heteroatoms. The van der Waals surface area contributed by atoms with Crippen LogP contribution in [0.2, 0.25) is 0 Å². The van der Waals surface area contributed by atoms with E-state index in [4.69, 9.17) is 0 Å². The molecule has 0 spiro atoms. The smallest absolute Gasteiger partial charge is 0.268 e. The highest BCUT2D eigenvalue weighted by atomic mass is 32.2. The van der Waals surface area contributed by atoms with Crippen LogP contribution in [0.15, 0.2) is 71.7 Å². The minimum absolute atomic E-state index is 0.00782. The van der Waals surface area contributed by atoms with E-state index >= 15 is 0 Å². The number of para-hydroxylation sites is 1. The van der Waals surface area contributed by atoms with Crippen LogP contribution >= 0.6 is 11.8 Å². The van der Waals surface area contributed by atoms with Crippen LogP contribution in [0.5, 0.6) is 0 Å². The molecule has 25 heavy (non-hydrogen) atoms. The molecule has 0 saturated carbocycles. The first kappa shape index (κ1) is 16.7. The molecular weight excluding hydrogens is 340 g/mol. The highest BCUT2D eigenvalue weighted by Gasteiger charge is 2.35. The number of benzene rings is 2. The van der Waals surface area contributed by atoms with Crippen LogP contribution in [-0.4, -0.2) is 16.1 Å². The number of thioether (sulfide) groups is 1. The molecule has 0 atom stereocenters. The van der Waals surface area contributed by atoms with E-state index in [1.807, 2.05) is 0 Å². The van der Waals surface area contributed by atoms with Gasteiger partial charge >= 0.3 is 0 Å². The molecule has 6 nitrogen and oxygen atoms in total. The summed E-state index contributed by atoms with van der Waals surface area (Å²) in [4.78, 5) is 36.2. The number of nitro benzene ring substituents is 1. The molecule has 2 aromatic carbocycles. The average Bonchev–Trinajstić information content (AvgIpc) is 2.90. The van der Waals surface area contributed by atoms with E-state index in [1.54, 1.807) is 54.6 Å². The first-order valence-electron chi connectivity index (χ1n) is 7.30. The third-order valence-electron chi connectivity index (χ3n) is 3.43. The molecule has 0 aliphatic carbocycles. The van der Waals surface area contributed by atoms with E-state index in [9.17, 15) is 19.7 Å². The highest BCUT2D eigenvalue weighted by molar-refractivity contribution is 8.18. The number of non-ortho nitro benzene ring substituents is 1. The molecule has 1 saturated heterocycles. The average molecular weight is 352 g/mol. The Bertz CT molecular complexity index is 906. The maximum absolute atomic E-state index is 12.4. The fourth-order valence-corrected chi connectivity index (χ4v) is 3.06. The Morgan fingerprint density at radius 1 is 1.04 bits per heavy atom. The van der Waals surface area contributed by atoms with Gasteiger partial charge in [-0.25, -0.2) is 4.90 Å². The van der Waals surface area contributed by atoms with E-state index < -0.39 is 4.92 Å². The van der Waals surface area contributed by atoms with Crippen molar-refractivity contribution in [3.8, 4) is 0 Å². The lowest BCUT2D eigenvalue weighted by molar-refractivity contribution is -0.384. The summed E-state index contributed by atoms with van der Waals surface area (Å²) < 4.78 is 0. The minimum atomic E-state index is -0.470. The number of nitro groups is 1. The van der Waals surface area contributed by atoms with Gasteiger partial charge in [-0.1, -0.05) is 42.5 Å². The van der Waals surface area contributed by atoms with Crippen LogP contribution in [-0.2, 0) is 4.79 Å². The third-order valence-corrected chi connectivity index (χ3v) is 4.31. The Kier molecular flexibility index (Phi) is 4.76. The summed E-state index contributed by atoms with van der Waals surface area (Å²) in [5.74, 6) is -0.384. The van der Waals surface area contributed by atoms with E-state index in [2.05, 4.69) is 0 Å². The second-order valence-electron chi connectivity index (χ2n) is 5.09. The lowest BCUT2D eigenvalue weighted by Gasteiger charge is -2.11. The second-order valence-corrected chi connectivity index (χ2v) is 6.08. The van der Waals surface area contributed by atoms with Crippen molar-refractivity contribution in [2.24, 2.45) is 0 Å². The third kappa shape index (κ3) is 3.67. The molecule has 1 aliphatic heterocycles. The molecule has 1 fully saturated rings. The van der Waals surface area contributed by atoms with Gasteiger partial charge < -0.3 is 0 Å². The van der Waals surface area contributed by atoms with Crippen molar-refractivity contribution < 1.29 is 14.5 Å². The van der Waals surface area contributed by atoms with Crippen LogP contribution in [0.25, 0.3) is 6.08 Å². The topological polar surface area (TPSA) is 80.5 Å². The number of hydrogen-bond donors (Lipinski definition) is 0. The Hall–Kier alpha value is -3.19. The van der Waals surface area contributed by atoms with Crippen LogP contribution in [0, 0.1) is 10.1 Å². The normalized spacial score (nSPS) is 16.2. The summed E-state index contributed by atoms with van der Waals surface area (Å²) in [6, 6.07) is 14.8. The molecule has 0 aromatic heterocycles. The van der Waals surface area contributed by atoms with Crippen molar-refractivity contribution in [1.29, 1.82) is 0 Å². The molecule has 2 amide bonds. The molecule has 0 unspecified atom stereocenters. The number of carbonyl (C=O) groups is 2. The summed E-state index contributed by atoms with van der Waals surface area (Å²) in [6.07, 6.45) is 4.78. The molecule has 1 heterocycles. The molecule has 0 bridgehead atoms. The van der Waals surface area contributed by atoms with E-state index in [0.717, 1.165) is 16.7 Å². The van der Waals surface area contributed by atoms with Gasteiger partial charge in [0, 0.05) is 12.1 Å². The largest absolute Gasteiger partial charge is 0.298 e. The van der Waals surface area contributed by atoms with E-state index in [-0.39, 0.29) is 16.8 Å². The van der Waals surface area contributed by atoms with Crippen molar-refractivity contribution in [3.63, 3.8) is 0 Å². The maximum atomic E-state index is 12.4. The number of anilines is 1. The molecule has 2 aromatic rings. The van der Waals surface area contributed by atoms with Gasteiger partial charge in [-0.3, -0.25) is 19.7 Å². The fraction of sp³-hybridized carbons (Fsp3) is 0. The minimum Gasteiger partial charge on any atom is -0.268 e. The zero-order valence-corrected chi connectivity index (χ0v) is 13.7. The molecule has 3 rings (SSSR count). The lowest BCUT2D eigenvalue weighted by Crippen LogP contribution is -2.27. The number of amides is 2. The predicted molar refractivity (Wildman–Crippen MR) is 97.1 cm³/mol. The standard InChI is InChI=1S/C18H12N2O4S/c21-17-16(25-18(22)19(17)14-8-2-1-3-9-14)11-5-7-13-6-4-10-15(12-13)20(23)24/h1-12H. The molecular formula is C18H12N2O4S. The number of hydrogen-bond acceptors (Lipinski definition) is 5. The Morgan fingerprint density at radius 3 is 2.52 bits per heavy atom. The van der Waals surface area contributed by atoms with Gasteiger partial charge in [0.05, 0.1) is 15.5 Å². The molecule has 1 aliphatic rings. The monoisotopic (exact) mass is 352 g/mol.